The van der Waals surface area contributed by atoms with E-state index in [1.54, 1.807) is 0 Å². The van der Waals surface area contributed by atoms with Gasteiger partial charge in [0.25, 0.3) is 0 Å². The first-order valence-electron chi connectivity index (χ1n) is 8.74. The minimum atomic E-state index is -4.54. The Balaban J connectivity index is 1.54. The molecule has 3 fully saturated rings. The molecule has 0 N–H and O–H groups in total. The fourth-order valence-corrected chi connectivity index (χ4v) is 4.16. The zero-order chi connectivity index (χ0) is 17.3. The van der Waals surface area contributed by atoms with E-state index in [1.165, 1.54) is 32.1 Å². The predicted octanol–water partition coefficient (Wildman–Crippen LogP) is 1.63. The fraction of sp³-hybridized carbons (Fsp3) is 0.875. The Kier molecular flexibility index (Phi) is 5.15. The molecule has 0 aromatic heterocycles. The highest BCUT2D eigenvalue weighted by atomic mass is 19.4. The van der Waals surface area contributed by atoms with E-state index < -0.39 is 30.6 Å². The molecule has 1 aliphatic carbocycles. The third-order valence-corrected chi connectivity index (χ3v) is 5.44. The SMILES string of the molecule is O=C1C[C@@H](N2CCN(C3CCCCC3)CC2)C(=O)N1CC(F)(F)F. The van der Waals surface area contributed by atoms with Crippen LogP contribution in [0, 0.1) is 0 Å². The summed E-state index contributed by atoms with van der Waals surface area (Å²) in [5.41, 5.74) is 0. The number of alkyl halides is 3. The maximum Gasteiger partial charge on any atom is 0.406 e. The van der Waals surface area contributed by atoms with Gasteiger partial charge < -0.3 is 0 Å². The summed E-state index contributed by atoms with van der Waals surface area (Å²) < 4.78 is 37.5. The molecule has 3 rings (SSSR count). The van der Waals surface area contributed by atoms with Gasteiger partial charge in [0.2, 0.25) is 11.8 Å². The van der Waals surface area contributed by atoms with Crippen molar-refractivity contribution in [2.24, 2.45) is 0 Å². The molecule has 24 heavy (non-hydrogen) atoms. The van der Waals surface area contributed by atoms with Crippen molar-refractivity contribution in [2.75, 3.05) is 32.7 Å². The van der Waals surface area contributed by atoms with Gasteiger partial charge in [-0.15, -0.1) is 0 Å². The number of hydrogen-bond acceptors (Lipinski definition) is 4. The van der Waals surface area contributed by atoms with Crippen molar-refractivity contribution in [3.05, 3.63) is 0 Å². The molecule has 1 saturated carbocycles. The summed E-state index contributed by atoms with van der Waals surface area (Å²) in [6.45, 7) is 1.45. The van der Waals surface area contributed by atoms with Gasteiger partial charge in [-0.05, 0) is 12.8 Å². The highest BCUT2D eigenvalue weighted by Gasteiger charge is 2.46. The summed E-state index contributed by atoms with van der Waals surface area (Å²) in [5, 5.41) is 0. The summed E-state index contributed by atoms with van der Waals surface area (Å²) in [6, 6.07) is -0.114. The maximum absolute atomic E-state index is 12.5. The summed E-state index contributed by atoms with van der Waals surface area (Å²) in [5.74, 6) is -1.40. The van der Waals surface area contributed by atoms with Gasteiger partial charge in [-0.1, -0.05) is 19.3 Å². The predicted molar refractivity (Wildman–Crippen MR) is 81.2 cm³/mol. The lowest BCUT2D eigenvalue weighted by Gasteiger charge is -2.42. The highest BCUT2D eigenvalue weighted by molar-refractivity contribution is 6.05. The van der Waals surface area contributed by atoms with Crippen LogP contribution in [0.4, 0.5) is 13.2 Å². The molecule has 1 atom stereocenters. The van der Waals surface area contributed by atoms with Crippen molar-refractivity contribution in [2.45, 2.75) is 56.8 Å². The van der Waals surface area contributed by atoms with E-state index in [9.17, 15) is 22.8 Å². The second-order valence-corrected chi connectivity index (χ2v) is 7.02. The molecular formula is C16H24F3N3O2. The Bertz CT molecular complexity index is 483. The van der Waals surface area contributed by atoms with Gasteiger partial charge in [-0.2, -0.15) is 13.2 Å². The van der Waals surface area contributed by atoms with Gasteiger partial charge >= 0.3 is 6.18 Å². The zero-order valence-corrected chi connectivity index (χ0v) is 13.7. The Morgan fingerprint density at radius 3 is 2.08 bits per heavy atom. The Morgan fingerprint density at radius 1 is 0.917 bits per heavy atom. The first-order valence-corrected chi connectivity index (χ1v) is 8.74. The van der Waals surface area contributed by atoms with Crippen LogP contribution in [0.1, 0.15) is 38.5 Å². The van der Waals surface area contributed by atoms with E-state index in [1.807, 2.05) is 4.90 Å². The van der Waals surface area contributed by atoms with E-state index in [0.29, 0.717) is 24.0 Å². The lowest BCUT2D eigenvalue weighted by molar-refractivity contribution is -0.166. The van der Waals surface area contributed by atoms with Gasteiger partial charge in [0.15, 0.2) is 0 Å². The number of halogens is 3. The average Bonchev–Trinajstić information content (AvgIpc) is 2.83. The third kappa shape index (κ3) is 3.91. The van der Waals surface area contributed by atoms with Crippen LogP contribution in [0.5, 0.6) is 0 Å². The Hall–Kier alpha value is -1.15. The molecule has 2 saturated heterocycles. The normalized spacial score (nSPS) is 28.8. The zero-order valence-electron chi connectivity index (χ0n) is 13.7. The number of carbonyl (C=O) groups is 2. The lowest BCUT2D eigenvalue weighted by atomic mass is 9.93. The van der Waals surface area contributed by atoms with Crippen molar-refractivity contribution in [3.8, 4) is 0 Å². The molecule has 0 unspecified atom stereocenters. The number of likely N-dealkylation sites (tertiary alicyclic amines) is 1. The Labute approximate surface area is 139 Å². The van der Waals surface area contributed by atoms with Gasteiger partial charge in [-0.3, -0.25) is 24.3 Å². The van der Waals surface area contributed by atoms with E-state index in [-0.39, 0.29) is 6.42 Å². The molecule has 136 valence electrons. The van der Waals surface area contributed by atoms with E-state index >= 15 is 0 Å². The van der Waals surface area contributed by atoms with Crippen molar-refractivity contribution in [1.82, 2.24) is 14.7 Å². The molecular weight excluding hydrogens is 323 g/mol. The largest absolute Gasteiger partial charge is 0.406 e. The maximum atomic E-state index is 12.5. The van der Waals surface area contributed by atoms with Gasteiger partial charge in [0.1, 0.15) is 6.54 Å². The number of amides is 2. The number of nitrogens with zero attached hydrogens (tertiary/aromatic N) is 3. The second-order valence-electron chi connectivity index (χ2n) is 7.02. The van der Waals surface area contributed by atoms with E-state index in [4.69, 9.17) is 0 Å². The van der Waals surface area contributed by atoms with Crippen LogP contribution in [0.25, 0.3) is 0 Å². The summed E-state index contributed by atoms with van der Waals surface area (Å²) in [4.78, 5) is 28.7. The first kappa shape index (κ1) is 17.7. The molecule has 2 heterocycles. The van der Waals surface area contributed by atoms with Crippen molar-refractivity contribution < 1.29 is 22.8 Å². The molecule has 8 heteroatoms. The number of rotatable bonds is 3. The summed E-state index contributed by atoms with van der Waals surface area (Å²) in [6.07, 6.45) is 1.56. The van der Waals surface area contributed by atoms with Crippen LogP contribution in [-0.4, -0.2) is 77.5 Å². The lowest BCUT2D eigenvalue weighted by Crippen LogP contribution is -2.55. The minimum absolute atomic E-state index is 0.127. The number of hydrogen-bond donors (Lipinski definition) is 0. The van der Waals surface area contributed by atoms with Crippen LogP contribution in [0.15, 0.2) is 0 Å². The number of imide groups is 1. The summed E-state index contributed by atoms with van der Waals surface area (Å²) in [7, 11) is 0. The molecule has 0 bridgehead atoms. The van der Waals surface area contributed by atoms with Gasteiger partial charge in [0, 0.05) is 32.2 Å². The number of piperazine rings is 1. The number of carbonyl (C=O) groups excluding carboxylic acids is 2. The van der Waals surface area contributed by atoms with Crippen LogP contribution >= 0.6 is 0 Å². The van der Waals surface area contributed by atoms with Crippen LogP contribution in [0.2, 0.25) is 0 Å². The monoisotopic (exact) mass is 347 g/mol. The van der Waals surface area contributed by atoms with Crippen molar-refractivity contribution in [3.63, 3.8) is 0 Å². The first-order chi connectivity index (χ1) is 11.3. The van der Waals surface area contributed by atoms with Gasteiger partial charge in [-0.25, -0.2) is 0 Å². The topological polar surface area (TPSA) is 43.9 Å². The molecule has 0 spiro atoms. The van der Waals surface area contributed by atoms with Crippen molar-refractivity contribution >= 4 is 11.8 Å². The minimum Gasteiger partial charge on any atom is -0.298 e. The van der Waals surface area contributed by atoms with E-state index in [0.717, 1.165) is 13.1 Å². The standard InChI is InChI=1S/C16H24F3N3O2/c17-16(18,19)11-22-14(23)10-13(15(22)24)21-8-6-20(7-9-21)12-4-2-1-3-5-12/h12-13H,1-11H2/t13-/m1/s1. The molecule has 3 aliphatic rings. The quantitative estimate of drug-likeness (QED) is 0.728. The highest BCUT2D eigenvalue weighted by Crippen LogP contribution is 2.27. The molecule has 2 amide bonds. The second kappa shape index (κ2) is 7.00. The average molecular weight is 347 g/mol. The Morgan fingerprint density at radius 2 is 1.50 bits per heavy atom. The third-order valence-electron chi connectivity index (χ3n) is 5.44. The van der Waals surface area contributed by atoms with Crippen molar-refractivity contribution in [1.29, 1.82) is 0 Å². The molecule has 5 nitrogen and oxygen atoms in total. The smallest absolute Gasteiger partial charge is 0.298 e. The molecule has 0 aromatic carbocycles. The van der Waals surface area contributed by atoms with E-state index in [2.05, 4.69) is 4.90 Å². The fourth-order valence-electron chi connectivity index (χ4n) is 4.16. The van der Waals surface area contributed by atoms with Gasteiger partial charge in [0.05, 0.1) is 12.5 Å². The van der Waals surface area contributed by atoms with Crippen LogP contribution in [0.3, 0.4) is 0 Å². The molecule has 0 aromatic rings. The summed E-state index contributed by atoms with van der Waals surface area (Å²) >= 11 is 0. The molecule has 0 radical (unpaired) electrons. The van der Waals surface area contributed by atoms with Crippen LogP contribution in [-0.2, 0) is 9.59 Å². The molecule has 2 aliphatic heterocycles. The van der Waals surface area contributed by atoms with Crippen LogP contribution < -0.4 is 0 Å².